The summed E-state index contributed by atoms with van der Waals surface area (Å²) in [7, 11) is 0. The Labute approximate surface area is 106 Å². The third kappa shape index (κ3) is 2.26. The average Bonchev–Trinajstić information content (AvgIpc) is 2.64. The summed E-state index contributed by atoms with van der Waals surface area (Å²) in [6.07, 6.45) is 2.80. The van der Waals surface area contributed by atoms with E-state index in [1.807, 2.05) is 31.2 Å². The highest BCUT2D eigenvalue weighted by Gasteiger charge is 2.08. The van der Waals surface area contributed by atoms with Crippen molar-refractivity contribution in [2.45, 2.75) is 19.9 Å². The van der Waals surface area contributed by atoms with E-state index in [0.717, 1.165) is 34.5 Å². The van der Waals surface area contributed by atoms with E-state index in [2.05, 4.69) is 16.1 Å². The molecule has 0 aliphatic carbocycles. The first-order chi connectivity index (χ1) is 8.27. The molecule has 1 heterocycles. The van der Waals surface area contributed by atoms with Gasteiger partial charge in [0.25, 0.3) is 0 Å². The summed E-state index contributed by atoms with van der Waals surface area (Å²) in [4.78, 5) is 3.21. The average molecular weight is 248 g/mol. The van der Waals surface area contributed by atoms with Gasteiger partial charge in [-0.1, -0.05) is 12.1 Å². The van der Waals surface area contributed by atoms with Crippen molar-refractivity contribution in [1.29, 1.82) is 0 Å². The van der Waals surface area contributed by atoms with Gasteiger partial charge >= 0.3 is 0 Å². The zero-order chi connectivity index (χ0) is 12.3. The van der Waals surface area contributed by atoms with E-state index in [0.29, 0.717) is 6.61 Å². The number of fused-ring (bicyclic) bond motifs is 1. The maximum atomic E-state index is 5.58. The van der Waals surface area contributed by atoms with Crippen molar-refractivity contribution in [3.63, 3.8) is 0 Å². The number of nitrogens with zero attached hydrogens (tertiary/aromatic N) is 1. The van der Waals surface area contributed by atoms with Crippen LogP contribution >= 0.6 is 12.2 Å². The summed E-state index contributed by atoms with van der Waals surface area (Å²) < 4.78 is 8.39. The van der Waals surface area contributed by atoms with Crippen LogP contribution in [-0.2, 0) is 6.54 Å². The molecule has 2 rings (SSSR count). The lowest BCUT2D eigenvalue weighted by Crippen LogP contribution is -1.96. The summed E-state index contributed by atoms with van der Waals surface area (Å²) in [5.74, 6) is 0.855. The van der Waals surface area contributed by atoms with Crippen molar-refractivity contribution in [2.24, 2.45) is 0 Å². The molecule has 0 radical (unpaired) electrons. The highest BCUT2D eigenvalue weighted by molar-refractivity contribution is 7.71. The number of para-hydroxylation sites is 1. The number of imidazole rings is 1. The molecular weight excluding hydrogens is 232 g/mol. The van der Waals surface area contributed by atoms with Gasteiger partial charge in [0.05, 0.1) is 12.1 Å². The standard InChI is InChI=1S/C13H16N2OS/c1-3-5-9-15-10-7-6-8-11(16-4-2)12(10)14-13(15)17/h3,6-8H,1,4-5,9H2,2H3,(H,14,17). The fourth-order valence-corrected chi connectivity index (χ4v) is 2.16. The van der Waals surface area contributed by atoms with Crippen molar-refractivity contribution in [3.05, 3.63) is 35.6 Å². The van der Waals surface area contributed by atoms with Gasteiger partial charge in [0, 0.05) is 6.54 Å². The lowest BCUT2D eigenvalue weighted by Gasteiger charge is -2.05. The minimum Gasteiger partial charge on any atom is -0.492 e. The zero-order valence-electron chi connectivity index (χ0n) is 9.90. The molecule has 0 amide bonds. The van der Waals surface area contributed by atoms with E-state index in [-0.39, 0.29) is 0 Å². The van der Waals surface area contributed by atoms with Gasteiger partial charge in [0.2, 0.25) is 0 Å². The van der Waals surface area contributed by atoms with Gasteiger partial charge in [0.15, 0.2) is 4.77 Å². The van der Waals surface area contributed by atoms with E-state index in [4.69, 9.17) is 17.0 Å². The molecule has 0 bridgehead atoms. The molecule has 1 aromatic carbocycles. The summed E-state index contributed by atoms with van der Waals surface area (Å²) in [6, 6.07) is 5.99. The first-order valence-electron chi connectivity index (χ1n) is 5.73. The number of benzene rings is 1. The van der Waals surface area contributed by atoms with Crippen LogP contribution in [0.3, 0.4) is 0 Å². The summed E-state index contributed by atoms with van der Waals surface area (Å²) >= 11 is 5.33. The predicted octanol–water partition coefficient (Wildman–Crippen LogP) is 3.67. The fourth-order valence-electron chi connectivity index (χ4n) is 1.87. The number of H-pyrrole nitrogens is 1. The molecule has 1 N–H and O–H groups in total. The smallest absolute Gasteiger partial charge is 0.178 e. The fraction of sp³-hybridized carbons (Fsp3) is 0.308. The van der Waals surface area contributed by atoms with E-state index in [9.17, 15) is 0 Å². The van der Waals surface area contributed by atoms with Gasteiger partial charge in [0.1, 0.15) is 11.3 Å². The zero-order valence-corrected chi connectivity index (χ0v) is 10.7. The third-order valence-corrected chi connectivity index (χ3v) is 2.95. The molecule has 3 nitrogen and oxygen atoms in total. The first kappa shape index (κ1) is 11.9. The van der Waals surface area contributed by atoms with Crippen molar-refractivity contribution in [2.75, 3.05) is 6.61 Å². The molecule has 0 atom stereocenters. The molecule has 1 aromatic heterocycles. The van der Waals surface area contributed by atoms with Crippen molar-refractivity contribution in [3.8, 4) is 5.75 Å². The topological polar surface area (TPSA) is 29.9 Å². The van der Waals surface area contributed by atoms with E-state index in [1.54, 1.807) is 0 Å². The number of aromatic amines is 1. The molecule has 17 heavy (non-hydrogen) atoms. The van der Waals surface area contributed by atoms with Crippen LogP contribution in [0.5, 0.6) is 5.75 Å². The highest BCUT2D eigenvalue weighted by Crippen LogP contribution is 2.25. The number of nitrogens with one attached hydrogen (secondary N) is 1. The lowest BCUT2D eigenvalue weighted by molar-refractivity contribution is 0.343. The Morgan fingerprint density at radius 1 is 1.53 bits per heavy atom. The predicted molar refractivity (Wildman–Crippen MR) is 73.1 cm³/mol. The molecule has 0 saturated carbocycles. The van der Waals surface area contributed by atoms with Crippen molar-refractivity contribution < 1.29 is 4.74 Å². The number of aromatic nitrogens is 2. The molecule has 0 unspecified atom stereocenters. The highest BCUT2D eigenvalue weighted by atomic mass is 32.1. The summed E-state index contributed by atoms with van der Waals surface area (Å²) in [5, 5.41) is 0. The monoisotopic (exact) mass is 248 g/mol. The number of allylic oxidation sites excluding steroid dienone is 1. The number of hydrogen-bond acceptors (Lipinski definition) is 2. The quantitative estimate of drug-likeness (QED) is 0.646. The second-order valence-electron chi connectivity index (χ2n) is 3.74. The van der Waals surface area contributed by atoms with Crippen LogP contribution in [0.25, 0.3) is 11.0 Å². The van der Waals surface area contributed by atoms with Crippen LogP contribution in [0, 0.1) is 4.77 Å². The molecule has 2 aromatic rings. The third-order valence-electron chi connectivity index (χ3n) is 2.63. The molecular formula is C13H16N2OS. The van der Waals surface area contributed by atoms with Crippen LogP contribution in [0.15, 0.2) is 30.9 Å². The summed E-state index contributed by atoms with van der Waals surface area (Å²) in [6.45, 7) is 7.20. The van der Waals surface area contributed by atoms with Gasteiger partial charge in [-0.3, -0.25) is 0 Å². The maximum absolute atomic E-state index is 5.58. The minimum absolute atomic E-state index is 0.650. The lowest BCUT2D eigenvalue weighted by atomic mass is 10.3. The van der Waals surface area contributed by atoms with Crippen molar-refractivity contribution >= 4 is 23.3 Å². The van der Waals surface area contributed by atoms with Gasteiger partial charge in [-0.05, 0) is 37.7 Å². The van der Waals surface area contributed by atoms with Gasteiger partial charge in [-0.25, -0.2) is 0 Å². The second-order valence-corrected chi connectivity index (χ2v) is 4.13. The Kier molecular flexibility index (Phi) is 3.64. The van der Waals surface area contributed by atoms with Crippen LogP contribution in [0.1, 0.15) is 13.3 Å². The molecule has 4 heteroatoms. The molecule has 90 valence electrons. The Hall–Kier alpha value is -1.55. The van der Waals surface area contributed by atoms with Gasteiger partial charge < -0.3 is 14.3 Å². The normalized spacial score (nSPS) is 10.6. The Morgan fingerprint density at radius 3 is 3.06 bits per heavy atom. The molecule has 0 aliphatic heterocycles. The molecule has 0 saturated heterocycles. The number of ether oxygens (including phenoxy) is 1. The SMILES string of the molecule is C=CCCn1c(=S)[nH]c2c(OCC)cccc21. The molecule has 0 aliphatic rings. The number of aryl methyl sites for hydroxylation is 1. The van der Waals surface area contributed by atoms with Gasteiger partial charge in [-0.2, -0.15) is 0 Å². The number of rotatable bonds is 5. The van der Waals surface area contributed by atoms with E-state index < -0.39 is 0 Å². The second kappa shape index (κ2) is 5.19. The van der Waals surface area contributed by atoms with Crippen LogP contribution < -0.4 is 4.74 Å². The van der Waals surface area contributed by atoms with Crippen LogP contribution in [0.2, 0.25) is 0 Å². The largest absolute Gasteiger partial charge is 0.492 e. The van der Waals surface area contributed by atoms with E-state index >= 15 is 0 Å². The Balaban J connectivity index is 2.54. The minimum atomic E-state index is 0.650. The first-order valence-corrected chi connectivity index (χ1v) is 6.14. The number of hydrogen-bond donors (Lipinski definition) is 1. The molecule has 0 spiro atoms. The van der Waals surface area contributed by atoms with Crippen LogP contribution in [0.4, 0.5) is 0 Å². The Bertz CT molecular complexity index is 583. The maximum Gasteiger partial charge on any atom is 0.178 e. The van der Waals surface area contributed by atoms with Crippen LogP contribution in [-0.4, -0.2) is 16.2 Å². The van der Waals surface area contributed by atoms with Crippen molar-refractivity contribution in [1.82, 2.24) is 9.55 Å². The summed E-state index contributed by atoms with van der Waals surface area (Å²) in [5.41, 5.74) is 2.06. The van der Waals surface area contributed by atoms with Gasteiger partial charge in [-0.15, -0.1) is 6.58 Å². The Morgan fingerprint density at radius 2 is 2.35 bits per heavy atom. The molecule has 0 fully saturated rings. The van der Waals surface area contributed by atoms with E-state index in [1.165, 1.54) is 0 Å².